The SMILES string of the molecule is CNN1CCNCCNCc2cccc(n2)C1. The fourth-order valence-corrected chi connectivity index (χ4v) is 1.91. The van der Waals surface area contributed by atoms with E-state index in [4.69, 9.17) is 0 Å². The Morgan fingerprint density at radius 2 is 2.00 bits per heavy atom. The molecule has 2 heterocycles. The Kier molecular flexibility index (Phi) is 4.88. The lowest BCUT2D eigenvalue weighted by Crippen LogP contribution is -2.41. The van der Waals surface area contributed by atoms with E-state index in [0.29, 0.717) is 0 Å². The fraction of sp³-hybridized carbons (Fsp3) is 0.583. The van der Waals surface area contributed by atoms with Gasteiger partial charge in [0.2, 0.25) is 0 Å². The van der Waals surface area contributed by atoms with E-state index in [0.717, 1.165) is 50.7 Å². The number of hydrazine groups is 1. The molecule has 0 atom stereocenters. The highest BCUT2D eigenvalue weighted by molar-refractivity contribution is 5.11. The van der Waals surface area contributed by atoms with Crippen molar-refractivity contribution in [2.24, 2.45) is 0 Å². The number of rotatable bonds is 1. The van der Waals surface area contributed by atoms with Crippen molar-refractivity contribution in [2.75, 3.05) is 33.2 Å². The predicted molar refractivity (Wildman–Crippen MR) is 68.3 cm³/mol. The van der Waals surface area contributed by atoms with E-state index < -0.39 is 0 Å². The van der Waals surface area contributed by atoms with Crippen molar-refractivity contribution in [3.05, 3.63) is 29.6 Å². The third kappa shape index (κ3) is 4.05. The average molecular weight is 235 g/mol. The molecular formula is C12H21N5. The van der Waals surface area contributed by atoms with E-state index in [1.807, 2.05) is 7.05 Å². The van der Waals surface area contributed by atoms with Crippen LogP contribution in [0.5, 0.6) is 0 Å². The van der Waals surface area contributed by atoms with Crippen molar-refractivity contribution < 1.29 is 0 Å². The molecule has 5 heteroatoms. The number of aromatic nitrogens is 1. The number of hydrogen-bond acceptors (Lipinski definition) is 5. The van der Waals surface area contributed by atoms with Gasteiger partial charge in [0.05, 0.1) is 17.9 Å². The molecule has 0 radical (unpaired) electrons. The molecule has 94 valence electrons. The van der Waals surface area contributed by atoms with Crippen molar-refractivity contribution >= 4 is 0 Å². The lowest BCUT2D eigenvalue weighted by Gasteiger charge is -2.21. The molecule has 5 nitrogen and oxygen atoms in total. The van der Waals surface area contributed by atoms with Gasteiger partial charge in [0.15, 0.2) is 0 Å². The van der Waals surface area contributed by atoms with Gasteiger partial charge in [0.1, 0.15) is 0 Å². The van der Waals surface area contributed by atoms with E-state index in [2.05, 4.69) is 44.3 Å². The zero-order chi connectivity index (χ0) is 11.9. The molecule has 2 bridgehead atoms. The van der Waals surface area contributed by atoms with Crippen molar-refractivity contribution in [1.29, 1.82) is 0 Å². The van der Waals surface area contributed by atoms with Gasteiger partial charge in [-0.3, -0.25) is 10.4 Å². The molecule has 17 heavy (non-hydrogen) atoms. The zero-order valence-corrected chi connectivity index (χ0v) is 10.4. The first-order valence-electron chi connectivity index (χ1n) is 6.17. The Labute approximate surface area is 103 Å². The standard InChI is InChI=1S/C12H21N5/c1-13-17-8-7-14-5-6-15-9-11-3-2-4-12(10-17)16-11/h2-4,13-15H,5-10H2,1H3. The summed E-state index contributed by atoms with van der Waals surface area (Å²) in [5.74, 6) is 0. The van der Waals surface area contributed by atoms with Crippen molar-refractivity contribution in [3.8, 4) is 0 Å². The summed E-state index contributed by atoms with van der Waals surface area (Å²) in [5, 5.41) is 8.97. The number of nitrogens with zero attached hydrogens (tertiary/aromatic N) is 2. The summed E-state index contributed by atoms with van der Waals surface area (Å²) in [5.41, 5.74) is 5.42. The summed E-state index contributed by atoms with van der Waals surface area (Å²) >= 11 is 0. The molecule has 0 aromatic carbocycles. The normalized spacial score (nSPS) is 19.4. The maximum Gasteiger partial charge on any atom is 0.0562 e. The first kappa shape index (κ1) is 12.4. The highest BCUT2D eigenvalue weighted by Gasteiger charge is 2.06. The Morgan fingerprint density at radius 1 is 1.18 bits per heavy atom. The second-order valence-electron chi connectivity index (χ2n) is 4.19. The van der Waals surface area contributed by atoms with Crippen LogP contribution in [0, 0.1) is 0 Å². The van der Waals surface area contributed by atoms with Gasteiger partial charge >= 0.3 is 0 Å². The van der Waals surface area contributed by atoms with E-state index in [1.54, 1.807) is 0 Å². The van der Waals surface area contributed by atoms with Gasteiger partial charge in [-0.15, -0.1) is 0 Å². The van der Waals surface area contributed by atoms with Gasteiger partial charge in [-0.1, -0.05) is 6.07 Å². The quantitative estimate of drug-likeness (QED) is 0.624. The van der Waals surface area contributed by atoms with Gasteiger partial charge in [-0.25, -0.2) is 5.01 Å². The first-order valence-corrected chi connectivity index (χ1v) is 6.17. The minimum absolute atomic E-state index is 0.839. The number of hydrogen-bond donors (Lipinski definition) is 3. The molecule has 2 rings (SSSR count). The van der Waals surface area contributed by atoms with Crippen molar-refractivity contribution in [3.63, 3.8) is 0 Å². The molecule has 1 aromatic rings. The van der Waals surface area contributed by atoms with Crippen LogP contribution in [0.25, 0.3) is 0 Å². The Morgan fingerprint density at radius 3 is 2.88 bits per heavy atom. The maximum atomic E-state index is 4.64. The van der Waals surface area contributed by atoms with E-state index in [-0.39, 0.29) is 0 Å². The largest absolute Gasteiger partial charge is 0.314 e. The second kappa shape index (κ2) is 6.66. The molecule has 1 aromatic heterocycles. The monoisotopic (exact) mass is 235 g/mol. The van der Waals surface area contributed by atoms with Crippen molar-refractivity contribution in [2.45, 2.75) is 13.1 Å². The van der Waals surface area contributed by atoms with Gasteiger partial charge < -0.3 is 10.6 Å². The van der Waals surface area contributed by atoms with Crippen LogP contribution >= 0.6 is 0 Å². The van der Waals surface area contributed by atoms with Crippen LogP contribution in [-0.2, 0) is 13.1 Å². The molecule has 0 fully saturated rings. The van der Waals surface area contributed by atoms with Crippen LogP contribution in [0.4, 0.5) is 0 Å². The molecule has 0 amide bonds. The first-order chi connectivity index (χ1) is 8.38. The minimum atomic E-state index is 0.839. The highest BCUT2D eigenvalue weighted by Crippen LogP contribution is 2.02. The van der Waals surface area contributed by atoms with Gasteiger partial charge in [-0.05, 0) is 19.2 Å². The molecule has 0 unspecified atom stereocenters. The molecule has 0 aliphatic carbocycles. The zero-order valence-electron chi connectivity index (χ0n) is 10.4. The summed E-state index contributed by atoms with van der Waals surface area (Å²) in [6, 6.07) is 6.23. The molecule has 0 saturated carbocycles. The predicted octanol–water partition coefficient (Wildman–Crippen LogP) is -0.289. The van der Waals surface area contributed by atoms with Crippen LogP contribution in [-0.4, -0.2) is 43.2 Å². The topological polar surface area (TPSA) is 52.2 Å². The number of fused-ring (bicyclic) bond motifs is 2. The van der Waals surface area contributed by atoms with Gasteiger partial charge in [0, 0.05) is 32.7 Å². The summed E-state index contributed by atoms with van der Waals surface area (Å²) in [7, 11) is 1.96. The minimum Gasteiger partial charge on any atom is -0.314 e. The third-order valence-corrected chi connectivity index (χ3v) is 2.88. The van der Waals surface area contributed by atoms with Crippen LogP contribution < -0.4 is 16.1 Å². The van der Waals surface area contributed by atoms with Gasteiger partial charge in [-0.2, -0.15) is 0 Å². The molecule has 0 spiro atoms. The van der Waals surface area contributed by atoms with Crippen LogP contribution in [0.2, 0.25) is 0 Å². The lowest BCUT2D eigenvalue weighted by atomic mass is 10.3. The third-order valence-electron chi connectivity index (χ3n) is 2.88. The molecule has 1 aliphatic heterocycles. The Bertz CT molecular complexity index is 341. The van der Waals surface area contributed by atoms with Crippen LogP contribution in [0.1, 0.15) is 11.4 Å². The van der Waals surface area contributed by atoms with E-state index >= 15 is 0 Å². The van der Waals surface area contributed by atoms with Crippen LogP contribution in [0.15, 0.2) is 18.2 Å². The van der Waals surface area contributed by atoms with Crippen molar-refractivity contribution in [1.82, 2.24) is 26.1 Å². The molecule has 1 aliphatic rings. The average Bonchev–Trinajstić information content (AvgIpc) is 2.35. The number of nitrogens with one attached hydrogen (secondary N) is 3. The summed E-state index contributed by atoms with van der Waals surface area (Å²) in [4.78, 5) is 4.64. The molecule has 3 N–H and O–H groups in total. The maximum absolute atomic E-state index is 4.64. The highest BCUT2D eigenvalue weighted by atomic mass is 15.5. The lowest BCUT2D eigenvalue weighted by molar-refractivity contribution is 0.196. The van der Waals surface area contributed by atoms with Gasteiger partial charge in [0.25, 0.3) is 0 Å². The number of pyridine rings is 1. The van der Waals surface area contributed by atoms with E-state index in [1.165, 1.54) is 0 Å². The Hall–Kier alpha value is -1.01. The smallest absolute Gasteiger partial charge is 0.0562 e. The van der Waals surface area contributed by atoms with E-state index in [9.17, 15) is 0 Å². The van der Waals surface area contributed by atoms with Crippen LogP contribution in [0.3, 0.4) is 0 Å². The summed E-state index contributed by atoms with van der Waals surface area (Å²) in [6.07, 6.45) is 0. The fourth-order valence-electron chi connectivity index (χ4n) is 1.91. The summed E-state index contributed by atoms with van der Waals surface area (Å²) < 4.78 is 0. The molecular weight excluding hydrogens is 214 g/mol. The Balaban J connectivity index is 2.08. The molecule has 0 saturated heterocycles. The second-order valence-corrected chi connectivity index (χ2v) is 4.19. The summed E-state index contributed by atoms with van der Waals surface area (Å²) in [6.45, 7) is 5.62.